The molecule has 3 saturated heterocycles. The van der Waals surface area contributed by atoms with Gasteiger partial charge in [0.1, 0.15) is 35.6 Å². The van der Waals surface area contributed by atoms with E-state index in [9.17, 15) is 39.9 Å². The number of nitrogens with one attached hydrogen (secondary N) is 1. The molecule has 1 aromatic heterocycles. The number of aliphatic hydroxyl groups is 4. The number of methoxy groups -OCH3 is 1. The van der Waals surface area contributed by atoms with Crippen LogP contribution in [-0.4, -0.2) is 202 Å². The van der Waals surface area contributed by atoms with Crippen LogP contribution in [0.15, 0.2) is 28.0 Å². The zero-order valence-electron chi connectivity index (χ0n) is 47.8. The fraction of sp³-hybridized carbons (Fsp3) is 0.804. The summed E-state index contributed by atoms with van der Waals surface area (Å²) in [6.07, 6.45) is -4.78. The minimum absolute atomic E-state index is 0.0885. The highest BCUT2D eigenvalue weighted by Crippen LogP contribution is 2.41. The smallest absolute Gasteiger partial charge is 0.341 e. The largest absolute Gasteiger partial charge is 0.477 e. The zero-order valence-corrected chi connectivity index (χ0v) is 48.6. The molecule has 19 nitrogen and oxygen atoms in total. The van der Waals surface area contributed by atoms with Crippen LogP contribution < -0.4 is 10.7 Å². The minimum Gasteiger partial charge on any atom is -0.477 e. The summed E-state index contributed by atoms with van der Waals surface area (Å²) in [6, 6.07) is 3.14. The van der Waals surface area contributed by atoms with Crippen molar-refractivity contribution in [1.29, 1.82) is 0 Å². The Bertz CT molecular complexity index is 2340. The second-order valence-electron chi connectivity index (χ2n) is 23.6. The maximum Gasteiger partial charge on any atom is 0.341 e. The first-order valence-electron chi connectivity index (χ1n) is 27.5. The van der Waals surface area contributed by atoms with Gasteiger partial charge in [0.25, 0.3) is 0 Å². The number of carbonyl (C=O) groups is 2. The molecule has 0 bridgehead atoms. The number of cyclic esters (lactones) is 1. The Morgan fingerprint density at radius 1 is 0.974 bits per heavy atom. The van der Waals surface area contributed by atoms with E-state index in [4.69, 9.17) is 33.2 Å². The molecule has 20 heteroatoms. The van der Waals surface area contributed by atoms with Crippen molar-refractivity contribution in [3.8, 4) is 0 Å². The lowest BCUT2D eigenvalue weighted by Crippen LogP contribution is -2.61. The van der Waals surface area contributed by atoms with Crippen molar-refractivity contribution >= 4 is 34.6 Å². The molecule has 6 rings (SSSR count). The fourth-order valence-corrected chi connectivity index (χ4v) is 13.4. The summed E-state index contributed by atoms with van der Waals surface area (Å²) in [5, 5.41) is 61.8. The number of carboxylic acid groups (broad SMARTS) is 1. The monoisotopic (exact) mass is 1090 g/mol. The molecule has 6 N–H and O–H groups in total. The van der Waals surface area contributed by atoms with Gasteiger partial charge >= 0.3 is 11.9 Å². The van der Waals surface area contributed by atoms with Crippen molar-refractivity contribution in [2.75, 3.05) is 60.2 Å². The molecule has 0 spiro atoms. The molecule has 5 heterocycles. The summed E-state index contributed by atoms with van der Waals surface area (Å²) in [6.45, 7) is 22.0. The lowest BCUT2D eigenvalue weighted by Gasteiger charge is -2.49. The van der Waals surface area contributed by atoms with Gasteiger partial charge in [0.15, 0.2) is 12.6 Å². The van der Waals surface area contributed by atoms with Crippen LogP contribution in [-0.2, 0) is 44.4 Å². The molecular weight excluding hydrogens is 1000 g/mol. The first-order chi connectivity index (χ1) is 35.6. The highest BCUT2D eigenvalue weighted by Gasteiger charge is 2.53. The van der Waals surface area contributed by atoms with Crippen molar-refractivity contribution in [2.45, 2.75) is 216 Å². The van der Waals surface area contributed by atoms with E-state index in [2.05, 4.69) is 11.4 Å². The van der Waals surface area contributed by atoms with E-state index < -0.39 is 107 Å². The third-order valence-electron chi connectivity index (χ3n) is 17.0. The summed E-state index contributed by atoms with van der Waals surface area (Å²) in [5.74, 6) is -3.23. The molecule has 432 valence electrons. The number of esters is 1. The molecular formula is C56H92N4O15S. The van der Waals surface area contributed by atoms with E-state index in [1.807, 2.05) is 83.1 Å². The number of aliphatic hydroxyl groups excluding tert-OH is 2. The van der Waals surface area contributed by atoms with Gasteiger partial charge in [0.05, 0.1) is 53.7 Å². The van der Waals surface area contributed by atoms with E-state index in [1.165, 1.54) is 13.1 Å². The number of likely N-dealkylation sites (N-methyl/N-ethyl adjacent to an activating group) is 2. The molecule has 4 aliphatic rings. The first-order valence-corrected chi connectivity index (χ1v) is 28.5. The highest BCUT2D eigenvalue weighted by atomic mass is 32.2. The summed E-state index contributed by atoms with van der Waals surface area (Å²) < 4.78 is 47.6. The van der Waals surface area contributed by atoms with Crippen LogP contribution in [0.1, 0.15) is 130 Å². The van der Waals surface area contributed by atoms with E-state index >= 15 is 0 Å². The van der Waals surface area contributed by atoms with Gasteiger partial charge < -0.3 is 78.4 Å². The van der Waals surface area contributed by atoms with E-state index in [1.54, 1.807) is 46.6 Å². The molecule has 1 unspecified atom stereocenters. The predicted octanol–water partition coefficient (Wildman–Crippen LogP) is 4.83. The van der Waals surface area contributed by atoms with Gasteiger partial charge in [-0.25, -0.2) is 4.79 Å². The Balaban J connectivity index is 1.19. The number of carboxylic acids is 1. The number of thioether (sulfide) groups is 1. The third kappa shape index (κ3) is 13.8. The van der Waals surface area contributed by atoms with Gasteiger partial charge in [0, 0.05) is 79.4 Å². The number of carbonyl (C=O) groups excluding carboxylic acids is 1. The molecule has 76 heavy (non-hydrogen) atoms. The van der Waals surface area contributed by atoms with Crippen LogP contribution >= 0.6 is 11.8 Å². The molecule has 4 aliphatic heterocycles. The van der Waals surface area contributed by atoms with Gasteiger partial charge in [-0.2, -0.15) is 0 Å². The van der Waals surface area contributed by atoms with Crippen LogP contribution in [0.5, 0.6) is 0 Å². The average Bonchev–Trinajstić information content (AvgIpc) is 3.35. The second kappa shape index (κ2) is 25.8. The number of aromatic carboxylic acids is 1. The Morgan fingerprint density at radius 2 is 1.67 bits per heavy atom. The molecule has 0 amide bonds. The Hall–Kier alpha value is -2.80. The first kappa shape index (κ1) is 62.4. The minimum atomic E-state index is -1.84. The summed E-state index contributed by atoms with van der Waals surface area (Å²) in [4.78, 5) is 44.6. The summed E-state index contributed by atoms with van der Waals surface area (Å²) in [7, 11) is 7.23. The molecule has 1 aromatic carbocycles. The number of nitrogens with zero attached hydrogens (tertiary/aromatic N) is 3. The van der Waals surface area contributed by atoms with Crippen molar-refractivity contribution < 1.29 is 68.3 Å². The molecule has 0 radical (unpaired) electrons. The molecule has 0 saturated carbocycles. The second-order valence-corrected chi connectivity index (χ2v) is 24.7. The normalized spacial score (nSPS) is 39.4. The van der Waals surface area contributed by atoms with Gasteiger partial charge in [0.2, 0.25) is 5.43 Å². The van der Waals surface area contributed by atoms with E-state index in [0.29, 0.717) is 43.8 Å². The SMILES string of the molecule is CC[C@H]1OC(=O)[C@H](C)[C@@H](O[C@H]2C[C@@](C)(OC)[C@@H](OCCNCCSc3cc4c5c(c3)c(=O)c(C(=O)O)cn5C(C)CC4)[C@H](C)O2)[C@H](C)[C@@H](O[C@@H]2O[C@H](C)C[C@H](N(C)C)[C@H]2O)[C@](C)(O)C[C@@H](C)CN(C)[C@H](C)[C@@H](O)[C@]1(C)O. The van der Waals surface area contributed by atoms with Crippen molar-refractivity contribution in [1.82, 2.24) is 19.7 Å². The standard InChI is InChI=1S/C56H92N4O15S/c1-16-42-56(11,68)48(63)35(7)59(14)28-30(2)26-54(9,67)49(75-53-46(62)41(58(12)13)23-32(4)71-53)33(5)47(34(6)52(66)73-42)74-43-27-55(10,69-15)50(36(8)72-43)70-21-19-57-20-22-76-38-24-37-18-17-31(3)60-29-40(51(64)65)45(61)39(25-38)44(37)60/h24-25,29-36,41-43,46-50,53,57,62-63,67-68H,16-23,26-28H2,1-15H3,(H,64,65)/t30-,31?,32-,33+,34-,35-,36+,41+,42-,43+,46-,47+,48-,49-,50+,53+,54-,55-,56-/m1/s1. The maximum atomic E-state index is 14.6. The number of benzene rings is 1. The van der Waals surface area contributed by atoms with Crippen molar-refractivity contribution in [3.05, 3.63) is 39.7 Å². The van der Waals surface area contributed by atoms with E-state index in [0.717, 1.165) is 28.8 Å². The third-order valence-corrected chi connectivity index (χ3v) is 18.0. The van der Waals surface area contributed by atoms with Crippen LogP contribution in [0.25, 0.3) is 10.9 Å². The number of aromatic nitrogens is 1. The van der Waals surface area contributed by atoms with Gasteiger partial charge in [-0.1, -0.05) is 20.8 Å². The Kier molecular flexibility index (Phi) is 21.1. The van der Waals surface area contributed by atoms with Crippen molar-refractivity contribution in [2.24, 2.45) is 17.8 Å². The molecule has 3 fully saturated rings. The quantitative estimate of drug-likeness (QED) is 0.0750. The lowest BCUT2D eigenvalue weighted by molar-refractivity contribution is -0.320. The molecule has 2 aromatic rings. The molecule has 0 aliphatic carbocycles. The van der Waals surface area contributed by atoms with Crippen molar-refractivity contribution in [3.63, 3.8) is 0 Å². The van der Waals surface area contributed by atoms with Crippen LogP contribution in [0, 0.1) is 17.8 Å². The van der Waals surface area contributed by atoms with Crippen LogP contribution in [0.4, 0.5) is 0 Å². The van der Waals surface area contributed by atoms with Crippen LogP contribution in [0.2, 0.25) is 0 Å². The maximum absolute atomic E-state index is 14.6. The number of pyridine rings is 1. The highest BCUT2D eigenvalue weighted by molar-refractivity contribution is 7.99. The zero-order chi connectivity index (χ0) is 56.4. The number of hydrogen-bond donors (Lipinski definition) is 6. The summed E-state index contributed by atoms with van der Waals surface area (Å²) in [5.41, 5.74) is -3.19. The number of ether oxygens (including phenoxy) is 7. The predicted molar refractivity (Wildman–Crippen MR) is 290 cm³/mol. The number of aryl methyl sites for hydroxylation is 1. The van der Waals surface area contributed by atoms with Gasteiger partial charge in [-0.05, 0) is 132 Å². The number of rotatable bonds is 16. The van der Waals surface area contributed by atoms with Gasteiger partial charge in [-0.15, -0.1) is 11.8 Å². The fourth-order valence-electron chi connectivity index (χ4n) is 12.5. The van der Waals surface area contributed by atoms with Gasteiger partial charge in [-0.3, -0.25) is 9.59 Å². The molecule has 19 atom stereocenters. The summed E-state index contributed by atoms with van der Waals surface area (Å²) >= 11 is 1.60. The Morgan fingerprint density at radius 3 is 2.32 bits per heavy atom. The topological polar surface area (TPSA) is 240 Å². The average molecular weight is 1090 g/mol. The number of hydrogen-bond acceptors (Lipinski definition) is 18. The van der Waals surface area contributed by atoms with E-state index in [-0.39, 0.29) is 48.9 Å². The lowest BCUT2D eigenvalue weighted by atomic mass is 9.77. The van der Waals surface area contributed by atoms with Crippen LogP contribution in [0.3, 0.4) is 0 Å². The Labute approximate surface area is 454 Å².